The van der Waals surface area contributed by atoms with Gasteiger partial charge in [0, 0.05) is 13.1 Å². The summed E-state index contributed by atoms with van der Waals surface area (Å²) in [6, 6.07) is 42.5. The summed E-state index contributed by atoms with van der Waals surface area (Å²) in [6.45, 7) is 6.18. The number of ether oxygens (including phenoxy) is 5. The van der Waals surface area contributed by atoms with Gasteiger partial charge in [-0.05, 0) is 72.4 Å². The van der Waals surface area contributed by atoms with Gasteiger partial charge in [-0.15, -0.1) is 0 Å². The number of aliphatic carboxylic acids is 1. The monoisotopic (exact) mass is 687 g/mol. The van der Waals surface area contributed by atoms with Crippen molar-refractivity contribution in [1.82, 2.24) is 4.90 Å². The van der Waals surface area contributed by atoms with Crippen molar-refractivity contribution >= 4 is 5.97 Å². The van der Waals surface area contributed by atoms with Crippen molar-refractivity contribution < 1.29 is 33.6 Å². The zero-order chi connectivity index (χ0) is 35.5. The fourth-order valence-electron chi connectivity index (χ4n) is 6.07. The Bertz CT molecular complexity index is 1830. The van der Waals surface area contributed by atoms with E-state index in [0.717, 1.165) is 27.8 Å². The highest BCUT2D eigenvalue weighted by molar-refractivity contribution is 5.74. The molecule has 0 amide bonds. The highest BCUT2D eigenvalue weighted by atomic mass is 16.7. The van der Waals surface area contributed by atoms with Crippen molar-refractivity contribution in [2.45, 2.75) is 64.5 Å². The van der Waals surface area contributed by atoms with Crippen molar-refractivity contribution in [2.75, 3.05) is 13.2 Å². The molecule has 6 rings (SSSR count). The van der Waals surface area contributed by atoms with Gasteiger partial charge in [0.15, 0.2) is 17.3 Å². The third-order valence-electron chi connectivity index (χ3n) is 8.65. The zero-order valence-electron chi connectivity index (χ0n) is 29.2. The quantitative estimate of drug-likeness (QED) is 0.105. The summed E-state index contributed by atoms with van der Waals surface area (Å²) in [5, 5.41) is 10.7. The molecule has 8 heteroatoms. The Morgan fingerprint density at radius 3 is 1.90 bits per heavy atom. The summed E-state index contributed by atoms with van der Waals surface area (Å²) in [5.41, 5.74) is 4.85. The van der Waals surface area contributed by atoms with Crippen LogP contribution in [-0.4, -0.2) is 47.1 Å². The number of carbonyl (C=O) groups is 1. The van der Waals surface area contributed by atoms with Crippen LogP contribution in [0.3, 0.4) is 0 Å². The van der Waals surface area contributed by atoms with Crippen LogP contribution >= 0.6 is 0 Å². The summed E-state index contributed by atoms with van der Waals surface area (Å²) in [4.78, 5) is 15.1. The Kier molecular flexibility index (Phi) is 12.0. The third-order valence-corrected chi connectivity index (χ3v) is 8.65. The fourth-order valence-corrected chi connectivity index (χ4v) is 6.07. The average molecular weight is 688 g/mol. The molecule has 264 valence electrons. The van der Waals surface area contributed by atoms with E-state index in [1.54, 1.807) is 0 Å². The van der Waals surface area contributed by atoms with Gasteiger partial charge in [0.25, 0.3) is 0 Å². The number of carboxylic acid groups (broad SMARTS) is 1. The van der Waals surface area contributed by atoms with Gasteiger partial charge in [0.05, 0.1) is 6.61 Å². The molecule has 0 unspecified atom stereocenters. The van der Waals surface area contributed by atoms with E-state index in [9.17, 15) is 9.90 Å². The van der Waals surface area contributed by atoms with Crippen LogP contribution in [0.4, 0.5) is 0 Å². The molecular formula is C43H45NO7. The molecule has 1 aliphatic heterocycles. The molecule has 1 heterocycles. The number of nitrogens with zero attached hydrogens (tertiary/aromatic N) is 1. The maximum absolute atomic E-state index is 13.1. The van der Waals surface area contributed by atoms with Gasteiger partial charge in [-0.2, -0.15) is 0 Å². The lowest BCUT2D eigenvalue weighted by Crippen LogP contribution is -2.42. The molecule has 0 bridgehead atoms. The SMILES string of the molecule is CC1(C)OC[C@H](COc2cccc(CN(Cc3ccccc3)[C@@H](Cc3ccc(OCc4ccccc4)c(OCc4ccccc4)c3)C(=O)O)c2)O1. The van der Waals surface area contributed by atoms with Crippen LogP contribution in [0.25, 0.3) is 0 Å². The van der Waals surface area contributed by atoms with Crippen LogP contribution in [0.15, 0.2) is 133 Å². The Balaban J connectivity index is 1.22. The minimum absolute atomic E-state index is 0.161. The number of hydrogen-bond donors (Lipinski definition) is 1. The van der Waals surface area contributed by atoms with Gasteiger partial charge in [-0.3, -0.25) is 9.69 Å². The summed E-state index contributed by atoms with van der Waals surface area (Å²) in [7, 11) is 0. The largest absolute Gasteiger partial charge is 0.491 e. The maximum Gasteiger partial charge on any atom is 0.321 e. The third kappa shape index (κ3) is 10.7. The van der Waals surface area contributed by atoms with Crippen LogP contribution in [0.5, 0.6) is 17.2 Å². The predicted octanol–water partition coefficient (Wildman–Crippen LogP) is 8.07. The lowest BCUT2D eigenvalue weighted by molar-refractivity contribution is -0.144. The van der Waals surface area contributed by atoms with Crippen LogP contribution in [0, 0.1) is 0 Å². The van der Waals surface area contributed by atoms with E-state index in [1.165, 1.54) is 0 Å². The minimum Gasteiger partial charge on any atom is -0.491 e. The predicted molar refractivity (Wildman–Crippen MR) is 196 cm³/mol. The molecule has 5 aromatic carbocycles. The molecule has 8 nitrogen and oxygen atoms in total. The molecule has 0 aliphatic carbocycles. The first-order valence-corrected chi connectivity index (χ1v) is 17.3. The Labute approximate surface area is 300 Å². The molecule has 2 atom stereocenters. The Morgan fingerprint density at radius 2 is 1.29 bits per heavy atom. The number of rotatable bonds is 17. The van der Waals surface area contributed by atoms with E-state index in [1.807, 2.05) is 152 Å². The highest BCUT2D eigenvalue weighted by Gasteiger charge is 2.33. The van der Waals surface area contributed by atoms with Crippen molar-refractivity contribution in [3.05, 3.63) is 161 Å². The van der Waals surface area contributed by atoms with Gasteiger partial charge >= 0.3 is 5.97 Å². The van der Waals surface area contributed by atoms with Gasteiger partial charge in [-0.25, -0.2) is 0 Å². The number of carboxylic acids is 1. The van der Waals surface area contributed by atoms with Crippen molar-refractivity contribution in [2.24, 2.45) is 0 Å². The second kappa shape index (κ2) is 17.2. The fraction of sp³-hybridized carbons (Fsp3) is 0.279. The average Bonchev–Trinajstić information content (AvgIpc) is 3.50. The van der Waals surface area contributed by atoms with E-state index < -0.39 is 17.8 Å². The lowest BCUT2D eigenvalue weighted by Gasteiger charge is -2.29. The van der Waals surface area contributed by atoms with Gasteiger partial charge in [0.1, 0.15) is 37.7 Å². The van der Waals surface area contributed by atoms with Crippen molar-refractivity contribution in [1.29, 1.82) is 0 Å². The van der Waals surface area contributed by atoms with E-state index >= 15 is 0 Å². The Hall–Kier alpha value is -5.15. The van der Waals surface area contributed by atoms with Crippen LogP contribution < -0.4 is 14.2 Å². The summed E-state index contributed by atoms with van der Waals surface area (Å²) in [6.07, 6.45) is 0.0969. The molecule has 0 saturated carbocycles. The molecule has 0 aromatic heterocycles. The molecule has 1 fully saturated rings. The number of benzene rings is 5. The minimum atomic E-state index is -0.907. The van der Waals surface area contributed by atoms with Crippen molar-refractivity contribution in [3.8, 4) is 17.2 Å². The Morgan fingerprint density at radius 1 is 0.706 bits per heavy atom. The summed E-state index contributed by atoms with van der Waals surface area (Å²) >= 11 is 0. The van der Waals surface area contributed by atoms with E-state index in [-0.39, 0.29) is 12.5 Å². The normalized spacial score (nSPS) is 15.7. The van der Waals surface area contributed by atoms with Crippen LogP contribution in [-0.2, 0) is 47.0 Å². The maximum atomic E-state index is 13.1. The topological polar surface area (TPSA) is 86.7 Å². The smallest absolute Gasteiger partial charge is 0.321 e. The van der Waals surface area contributed by atoms with Gasteiger partial charge < -0.3 is 28.8 Å². The van der Waals surface area contributed by atoms with E-state index in [4.69, 9.17) is 23.7 Å². The molecule has 1 N–H and O–H groups in total. The summed E-state index contributed by atoms with van der Waals surface area (Å²) in [5.74, 6) is 0.329. The lowest BCUT2D eigenvalue weighted by atomic mass is 10.0. The van der Waals surface area contributed by atoms with Crippen molar-refractivity contribution in [3.63, 3.8) is 0 Å². The summed E-state index contributed by atoms with van der Waals surface area (Å²) < 4.78 is 30.2. The number of hydrogen-bond acceptors (Lipinski definition) is 7. The van der Waals surface area contributed by atoms with Crippen LogP contribution in [0.1, 0.15) is 41.7 Å². The van der Waals surface area contributed by atoms with E-state index in [2.05, 4.69) is 0 Å². The first-order chi connectivity index (χ1) is 24.8. The second-order valence-corrected chi connectivity index (χ2v) is 13.2. The zero-order valence-corrected chi connectivity index (χ0v) is 29.2. The van der Waals surface area contributed by atoms with Gasteiger partial charge in [0.2, 0.25) is 0 Å². The first kappa shape index (κ1) is 35.7. The second-order valence-electron chi connectivity index (χ2n) is 13.2. The molecular weight excluding hydrogens is 642 g/mol. The molecule has 1 saturated heterocycles. The first-order valence-electron chi connectivity index (χ1n) is 17.3. The van der Waals surface area contributed by atoms with E-state index in [0.29, 0.717) is 56.8 Å². The molecule has 5 aromatic rings. The molecule has 1 aliphatic rings. The standard InChI is InChI=1S/C43H45NO7/c1-43(2)50-31-38(51-43)30-47-37-20-12-19-36(23-37)27-44(26-32-13-6-3-7-14-32)39(42(45)46)24-35-21-22-40(48-28-33-15-8-4-9-16-33)41(25-35)49-29-34-17-10-5-11-18-34/h3-23,25,38-39H,24,26-31H2,1-2H3,(H,45,46)/t38-,39-/m0/s1. The molecule has 0 spiro atoms. The van der Waals surface area contributed by atoms with Gasteiger partial charge in [-0.1, -0.05) is 109 Å². The molecule has 0 radical (unpaired) electrons. The molecule has 51 heavy (non-hydrogen) atoms. The highest BCUT2D eigenvalue weighted by Crippen LogP contribution is 2.32. The van der Waals surface area contributed by atoms with Crippen LogP contribution in [0.2, 0.25) is 0 Å².